The molecule has 1 aromatic heterocycles. The number of amides is 1. The molecule has 37 heavy (non-hydrogen) atoms. The van der Waals surface area contributed by atoms with Gasteiger partial charge in [0, 0.05) is 12.6 Å². The lowest BCUT2D eigenvalue weighted by molar-refractivity contribution is -0.143. The standard InChI is InChI=1S/C30H29N3O4/c1-20(21-7-5-4-6-8-21)37-29(35)32-27-26(19-31-33(27)2)24-11-9-22(10-12-24)23-13-15-25(16-14-23)30(17-18-30)28(34)36-3/h4-16,19-20H,17-18H2,1-3H3,(H,32,35). The summed E-state index contributed by atoms with van der Waals surface area (Å²) in [6.45, 7) is 1.84. The maximum Gasteiger partial charge on any atom is 0.413 e. The van der Waals surface area contributed by atoms with Crippen LogP contribution in [0.2, 0.25) is 0 Å². The normalized spacial score (nSPS) is 14.5. The van der Waals surface area contributed by atoms with Gasteiger partial charge in [0.05, 0.1) is 18.7 Å². The summed E-state index contributed by atoms with van der Waals surface area (Å²) >= 11 is 0. The van der Waals surface area contributed by atoms with Crippen LogP contribution < -0.4 is 5.32 Å². The van der Waals surface area contributed by atoms with Crippen LogP contribution in [0.5, 0.6) is 0 Å². The van der Waals surface area contributed by atoms with Crippen molar-refractivity contribution in [2.24, 2.45) is 7.05 Å². The highest BCUT2D eigenvalue weighted by Gasteiger charge is 2.52. The van der Waals surface area contributed by atoms with Crippen molar-refractivity contribution in [3.05, 3.63) is 96.2 Å². The highest BCUT2D eigenvalue weighted by atomic mass is 16.6. The van der Waals surface area contributed by atoms with Gasteiger partial charge in [-0.25, -0.2) is 4.79 Å². The van der Waals surface area contributed by atoms with E-state index < -0.39 is 11.5 Å². The van der Waals surface area contributed by atoms with Gasteiger partial charge in [-0.05, 0) is 47.6 Å². The van der Waals surface area contributed by atoms with E-state index in [0.29, 0.717) is 5.82 Å². The molecule has 7 nitrogen and oxygen atoms in total. The van der Waals surface area contributed by atoms with Crippen molar-refractivity contribution >= 4 is 17.9 Å². The number of hydrogen-bond acceptors (Lipinski definition) is 5. The Kier molecular flexibility index (Phi) is 6.53. The largest absolute Gasteiger partial charge is 0.468 e. The molecule has 188 valence electrons. The predicted molar refractivity (Wildman–Crippen MR) is 142 cm³/mol. The Hall–Kier alpha value is -4.39. The van der Waals surface area contributed by atoms with Crippen LogP contribution in [0.15, 0.2) is 85.1 Å². The van der Waals surface area contributed by atoms with Crippen LogP contribution in [0, 0.1) is 0 Å². The van der Waals surface area contributed by atoms with Gasteiger partial charge in [0.1, 0.15) is 11.9 Å². The minimum absolute atomic E-state index is 0.163. The number of benzene rings is 3. The molecule has 1 fully saturated rings. The molecular formula is C30H29N3O4. The van der Waals surface area contributed by atoms with Crippen molar-refractivity contribution in [2.45, 2.75) is 31.3 Å². The first kappa shape index (κ1) is 24.3. The molecule has 1 aliphatic carbocycles. The molecule has 0 aliphatic heterocycles. The summed E-state index contributed by atoms with van der Waals surface area (Å²) in [6, 6.07) is 25.8. The maximum absolute atomic E-state index is 12.6. The Balaban J connectivity index is 1.30. The number of nitrogens with one attached hydrogen (secondary N) is 1. The van der Waals surface area contributed by atoms with Crippen LogP contribution in [0.25, 0.3) is 22.3 Å². The molecule has 5 rings (SSSR count). The summed E-state index contributed by atoms with van der Waals surface area (Å²) in [7, 11) is 3.21. The zero-order valence-corrected chi connectivity index (χ0v) is 21.1. The first-order valence-corrected chi connectivity index (χ1v) is 12.3. The molecule has 1 aliphatic rings. The molecule has 4 aromatic rings. The number of ether oxygens (including phenoxy) is 2. The van der Waals surface area contributed by atoms with Crippen molar-refractivity contribution in [2.75, 3.05) is 12.4 Å². The summed E-state index contributed by atoms with van der Waals surface area (Å²) in [4.78, 5) is 24.8. The Bertz CT molecular complexity index is 1410. The predicted octanol–water partition coefficient (Wildman–Crippen LogP) is 6.27. The Morgan fingerprint density at radius 1 is 0.919 bits per heavy atom. The fraction of sp³-hybridized carbons (Fsp3) is 0.233. The fourth-order valence-corrected chi connectivity index (χ4v) is 4.63. The van der Waals surface area contributed by atoms with Crippen LogP contribution in [-0.4, -0.2) is 29.0 Å². The molecule has 0 saturated heterocycles. The maximum atomic E-state index is 12.6. The van der Waals surface area contributed by atoms with Crippen LogP contribution in [0.1, 0.15) is 37.0 Å². The number of nitrogens with zero attached hydrogens (tertiary/aromatic N) is 2. The summed E-state index contributed by atoms with van der Waals surface area (Å²) in [6.07, 6.45) is 2.45. The summed E-state index contributed by atoms with van der Waals surface area (Å²) in [5.41, 5.74) is 5.26. The van der Waals surface area contributed by atoms with Crippen molar-refractivity contribution in [1.29, 1.82) is 0 Å². The van der Waals surface area contributed by atoms with Gasteiger partial charge in [0.15, 0.2) is 0 Å². The topological polar surface area (TPSA) is 82.5 Å². The van der Waals surface area contributed by atoms with E-state index >= 15 is 0 Å². The van der Waals surface area contributed by atoms with Crippen molar-refractivity contribution in [1.82, 2.24) is 9.78 Å². The van der Waals surface area contributed by atoms with E-state index in [4.69, 9.17) is 9.47 Å². The van der Waals surface area contributed by atoms with E-state index in [1.54, 1.807) is 17.9 Å². The lowest BCUT2D eigenvalue weighted by Gasteiger charge is -2.15. The Morgan fingerprint density at radius 2 is 1.51 bits per heavy atom. The van der Waals surface area contributed by atoms with E-state index in [1.165, 1.54) is 7.11 Å². The molecule has 1 saturated carbocycles. The van der Waals surface area contributed by atoms with Gasteiger partial charge in [-0.3, -0.25) is 14.8 Å². The SMILES string of the molecule is COC(=O)C1(c2ccc(-c3ccc(-c4cnn(C)c4NC(=O)OC(C)c4ccccc4)cc3)cc2)CC1. The van der Waals surface area contributed by atoms with E-state index in [1.807, 2.05) is 85.8 Å². The highest BCUT2D eigenvalue weighted by molar-refractivity contribution is 5.90. The molecule has 0 radical (unpaired) electrons. The van der Waals surface area contributed by atoms with Crippen LogP contribution in [0.3, 0.4) is 0 Å². The number of methoxy groups -OCH3 is 1. The lowest BCUT2D eigenvalue weighted by Crippen LogP contribution is -2.21. The number of rotatable bonds is 7. The smallest absolute Gasteiger partial charge is 0.413 e. The number of aromatic nitrogens is 2. The summed E-state index contributed by atoms with van der Waals surface area (Å²) in [5, 5.41) is 7.18. The van der Waals surface area contributed by atoms with Gasteiger partial charge in [-0.15, -0.1) is 0 Å². The van der Waals surface area contributed by atoms with Crippen molar-refractivity contribution in [3.63, 3.8) is 0 Å². The zero-order chi connectivity index (χ0) is 26.0. The number of hydrogen-bond donors (Lipinski definition) is 1. The number of carbonyl (C=O) groups is 2. The molecule has 1 amide bonds. The third-order valence-electron chi connectivity index (χ3n) is 7.00. The van der Waals surface area contributed by atoms with Crippen LogP contribution in [-0.2, 0) is 26.7 Å². The Labute approximate surface area is 216 Å². The zero-order valence-electron chi connectivity index (χ0n) is 21.1. The average molecular weight is 496 g/mol. The molecule has 1 N–H and O–H groups in total. The van der Waals surface area contributed by atoms with Gasteiger partial charge >= 0.3 is 12.1 Å². The molecule has 0 spiro atoms. The minimum atomic E-state index is -0.543. The summed E-state index contributed by atoms with van der Waals surface area (Å²) < 4.78 is 12.2. The van der Waals surface area contributed by atoms with Gasteiger partial charge in [0.2, 0.25) is 0 Å². The number of aryl methyl sites for hydroxylation is 1. The second-order valence-electron chi connectivity index (χ2n) is 9.34. The van der Waals surface area contributed by atoms with Gasteiger partial charge in [-0.2, -0.15) is 5.10 Å². The third-order valence-corrected chi connectivity index (χ3v) is 7.00. The van der Waals surface area contributed by atoms with Gasteiger partial charge < -0.3 is 9.47 Å². The second-order valence-corrected chi connectivity index (χ2v) is 9.34. The monoisotopic (exact) mass is 495 g/mol. The van der Waals surface area contributed by atoms with Crippen molar-refractivity contribution in [3.8, 4) is 22.3 Å². The second kappa shape index (κ2) is 9.93. The lowest BCUT2D eigenvalue weighted by atomic mass is 9.93. The van der Waals surface area contributed by atoms with E-state index in [9.17, 15) is 9.59 Å². The van der Waals surface area contributed by atoms with Gasteiger partial charge in [0.25, 0.3) is 0 Å². The molecule has 1 unspecified atom stereocenters. The molecule has 1 heterocycles. The highest BCUT2D eigenvalue weighted by Crippen LogP contribution is 2.49. The number of anilines is 1. The molecular weight excluding hydrogens is 466 g/mol. The Morgan fingerprint density at radius 3 is 2.11 bits per heavy atom. The molecule has 7 heteroatoms. The van der Waals surface area contributed by atoms with Crippen LogP contribution in [0.4, 0.5) is 10.6 Å². The molecule has 3 aromatic carbocycles. The average Bonchev–Trinajstić information content (AvgIpc) is 3.67. The van der Waals surface area contributed by atoms with Crippen LogP contribution >= 0.6 is 0 Å². The van der Waals surface area contributed by atoms with E-state index in [2.05, 4.69) is 10.4 Å². The fourth-order valence-electron chi connectivity index (χ4n) is 4.63. The van der Waals surface area contributed by atoms with E-state index in [0.717, 1.165) is 46.2 Å². The van der Waals surface area contributed by atoms with E-state index in [-0.39, 0.29) is 12.1 Å². The van der Waals surface area contributed by atoms with Crippen molar-refractivity contribution < 1.29 is 19.1 Å². The summed E-state index contributed by atoms with van der Waals surface area (Å²) in [5.74, 6) is 0.392. The molecule has 1 atom stereocenters. The number of carbonyl (C=O) groups excluding carboxylic acids is 2. The first-order chi connectivity index (χ1) is 17.9. The molecule has 0 bridgehead atoms. The minimum Gasteiger partial charge on any atom is -0.468 e. The van der Waals surface area contributed by atoms with Gasteiger partial charge in [-0.1, -0.05) is 78.9 Å². The quantitative estimate of drug-likeness (QED) is 0.306. The third kappa shape index (κ3) is 4.85. The first-order valence-electron chi connectivity index (χ1n) is 12.3. The number of esters is 1.